The molecular formula is C24H26N2O5S. The lowest BCUT2D eigenvalue weighted by molar-refractivity contribution is -0.126. The highest BCUT2D eigenvalue weighted by atomic mass is 32.1. The van der Waals surface area contributed by atoms with Gasteiger partial charge in [-0.2, -0.15) is 0 Å². The lowest BCUT2D eigenvalue weighted by Crippen LogP contribution is -2.45. The van der Waals surface area contributed by atoms with Crippen molar-refractivity contribution in [3.63, 3.8) is 0 Å². The number of benzene rings is 1. The fraction of sp³-hybridized carbons (Fsp3) is 0.458. The standard InChI is InChI=1S/C24H26N2O5S/c1-14-13-17(24(29)30-2)23(32-14)25-21(27)18-19(15-9-5-3-6-10-15)26(31-20(18)22(25)28)16-11-7-4-8-12-16/h4,7-8,11-13,15,18-20H,3,5-6,9-10H2,1-2H3/t18-,19+,20-/m1/s1. The first-order valence-corrected chi connectivity index (χ1v) is 11.9. The molecule has 2 saturated heterocycles. The number of imide groups is 1. The Labute approximate surface area is 190 Å². The smallest absolute Gasteiger partial charge is 0.340 e. The van der Waals surface area contributed by atoms with Gasteiger partial charge in [-0.1, -0.05) is 37.5 Å². The Balaban J connectivity index is 1.54. The minimum Gasteiger partial charge on any atom is -0.465 e. The zero-order chi connectivity index (χ0) is 22.4. The number of esters is 1. The third-order valence-corrected chi connectivity index (χ3v) is 7.78. The molecule has 2 amide bonds. The molecule has 168 valence electrons. The fourth-order valence-electron chi connectivity index (χ4n) is 5.33. The SMILES string of the molecule is COC(=O)c1cc(C)sc1N1C(=O)[C@H]2[C@@H](ON(c3ccccc3)[C@H]2C2CCCCC2)C1=O. The van der Waals surface area contributed by atoms with E-state index in [2.05, 4.69) is 0 Å². The maximum absolute atomic E-state index is 13.8. The summed E-state index contributed by atoms with van der Waals surface area (Å²) in [6.45, 7) is 1.84. The molecule has 3 atom stereocenters. The van der Waals surface area contributed by atoms with Crippen LogP contribution in [0.1, 0.15) is 47.3 Å². The summed E-state index contributed by atoms with van der Waals surface area (Å²) in [5, 5.41) is 2.13. The average Bonchev–Trinajstić information content (AvgIpc) is 3.47. The van der Waals surface area contributed by atoms with Crippen molar-refractivity contribution in [2.24, 2.45) is 11.8 Å². The topological polar surface area (TPSA) is 76.2 Å². The highest BCUT2D eigenvalue weighted by Crippen LogP contribution is 2.47. The van der Waals surface area contributed by atoms with Gasteiger partial charge < -0.3 is 4.74 Å². The van der Waals surface area contributed by atoms with E-state index in [1.54, 1.807) is 11.1 Å². The molecule has 1 aromatic carbocycles. The van der Waals surface area contributed by atoms with Crippen molar-refractivity contribution in [2.75, 3.05) is 17.1 Å². The molecule has 7 nitrogen and oxygen atoms in total. The number of para-hydroxylation sites is 1. The number of carbonyl (C=O) groups is 3. The second-order valence-electron chi connectivity index (χ2n) is 8.68. The molecule has 5 rings (SSSR count). The molecule has 0 spiro atoms. The van der Waals surface area contributed by atoms with Crippen molar-refractivity contribution in [3.05, 3.63) is 46.8 Å². The van der Waals surface area contributed by atoms with Crippen molar-refractivity contribution < 1.29 is 24.0 Å². The van der Waals surface area contributed by atoms with Crippen LogP contribution in [0.2, 0.25) is 0 Å². The number of amides is 2. The normalized spacial score (nSPS) is 26.0. The van der Waals surface area contributed by atoms with E-state index in [-0.39, 0.29) is 23.4 Å². The van der Waals surface area contributed by atoms with Crippen molar-refractivity contribution in [1.29, 1.82) is 0 Å². The van der Waals surface area contributed by atoms with Crippen molar-refractivity contribution >= 4 is 39.8 Å². The second-order valence-corrected chi connectivity index (χ2v) is 9.92. The van der Waals surface area contributed by atoms with Crippen LogP contribution in [0.5, 0.6) is 0 Å². The largest absolute Gasteiger partial charge is 0.465 e. The molecule has 3 heterocycles. The number of thiophene rings is 1. The Kier molecular flexibility index (Phi) is 5.51. The van der Waals surface area contributed by atoms with Crippen LogP contribution in [-0.4, -0.2) is 37.0 Å². The lowest BCUT2D eigenvalue weighted by Gasteiger charge is -2.35. The molecule has 8 heteroatoms. The van der Waals surface area contributed by atoms with Crippen LogP contribution in [0.4, 0.5) is 10.7 Å². The number of carbonyl (C=O) groups excluding carboxylic acids is 3. The Morgan fingerprint density at radius 2 is 1.81 bits per heavy atom. The predicted octanol–water partition coefficient (Wildman–Crippen LogP) is 4.10. The summed E-state index contributed by atoms with van der Waals surface area (Å²) >= 11 is 1.25. The zero-order valence-electron chi connectivity index (χ0n) is 18.2. The molecule has 1 aliphatic carbocycles. The van der Waals surface area contributed by atoms with E-state index >= 15 is 0 Å². The quantitative estimate of drug-likeness (QED) is 0.511. The van der Waals surface area contributed by atoms with Crippen molar-refractivity contribution in [3.8, 4) is 0 Å². The average molecular weight is 455 g/mol. The number of fused-ring (bicyclic) bond motifs is 1. The zero-order valence-corrected chi connectivity index (χ0v) is 19.0. The van der Waals surface area contributed by atoms with Crippen LogP contribution in [0.15, 0.2) is 36.4 Å². The van der Waals surface area contributed by atoms with Crippen LogP contribution in [0.25, 0.3) is 0 Å². The highest BCUT2D eigenvalue weighted by Gasteiger charge is 2.62. The summed E-state index contributed by atoms with van der Waals surface area (Å²) in [6, 6.07) is 11.1. The van der Waals surface area contributed by atoms with Gasteiger partial charge in [0, 0.05) is 4.88 Å². The van der Waals surface area contributed by atoms with E-state index in [0.29, 0.717) is 5.00 Å². The number of hydrogen-bond donors (Lipinski definition) is 0. The van der Waals surface area contributed by atoms with E-state index in [1.807, 2.05) is 37.3 Å². The number of aryl methyl sites for hydroxylation is 1. The van der Waals surface area contributed by atoms with Gasteiger partial charge >= 0.3 is 5.97 Å². The third-order valence-electron chi connectivity index (χ3n) is 6.75. The molecule has 0 unspecified atom stereocenters. The van der Waals surface area contributed by atoms with E-state index < -0.39 is 23.9 Å². The highest BCUT2D eigenvalue weighted by molar-refractivity contribution is 7.17. The van der Waals surface area contributed by atoms with Gasteiger partial charge in [-0.3, -0.25) is 14.4 Å². The molecule has 2 aliphatic heterocycles. The summed E-state index contributed by atoms with van der Waals surface area (Å²) in [7, 11) is 1.29. The molecular weight excluding hydrogens is 428 g/mol. The molecule has 0 radical (unpaired) electrons. The van der Waals surface area contributed by atoms with Crippen molar-refractivity contribution in [1.82, 2.24) is 0 Å². The van der Waals surface area contributed by atoms with Gasteiger partial charge in [0.1, 0.15) is 10.9 Å². The summed E-state index contributed by atoms with van der Waals surface area (Å²) in [6.07, 6.45) is 4.55. The first kappa shape index (κ1) is 21.2. The Bertz CT molecular complexity index is 1050. The maximum atomic E-state index is 13.8. The van der Waals surface area contributed by atoms with Gasteiger partial charge in [0.25, 0.3) is 5.91 Å². The number of rotatable bonds is 4. The first-order valence-electron chi connectivity index (χ1n) is 11.1. The van der Waals surface area contributed by atoms with Crippen LogP contribution < -0.4 is 9.96 Å². The van der Waals surface area contributed by atoms with Gasteiger partial charge in [0.15, 0.2) is 6.10 Å². The van der Waals surface area contributed by atoms with Gasteiger partial charge in [-0.25, -0.2) is 14.8 Å². The summed E-state index contributed by atoms with van der Waals surface area (Å²) in [4.78, 5) is 47.8. The van der Waals surface area contributed by atoms with Gasteiger partial charge in [-0.15, -0.1) is 11.3 Å². The van der Waals surface area contributed by atoms with E-state index in [0.717, 1.165) is 41.1 Å². The number of ether oxygens (including phenoxy) is 1. The van der Waals surface area contributed by atoms with Crippen LogP contribution >= 0.6 is 11.3 Å². The minimum absolute atomic E-state index is 0.216. The summed E-state index contributed by atoms with van der Waals surface area (Å²) in [5.41, 5.74) is 1.10. The molecule has 1 saturated carbocycles. The van der Waals surface area contributed by atoms with Crippen molar-refractivity contribution in [2.45, 2.75) is 51.2 Å². The Morgan fingerprint density at radius 1 is 1.09 bits per heavy atom. The predicted molar refractivity (Wildman–Crippen MR) is 121 cm³/mol. The van der Waals surface area contributed by atoms with Gasteiger partial charge in [0.2, 0.25) is 5.91 Å². The number of nitrogens with zero attached hydrogens (tertiary/aromatic N) is 2. The lowest BCUT2D eigenvalue weighted by atomic mass is 9.77. The van der Waals surface area contributed by atoms with E-state index in [9.17, 15) is 14.4 Å². The Hall–Kier alpha value is -2.71. The maximum Gasteiger partial charge on any atom is 0.340 e. The Morgan fingerprint density at radius 3 is 2.50 bits per heavy atom. The number of methoxy groups -OCH3 is 1. The fourth-order valence-corrected chi connectivity index (χ4v) is 6.34. The second kappa shape index (κ2) is 8.33. The van der Waals surface area contributed by atoms with Crippen LogP contribution in [0.3, 0.4) is 0 Å². The van der Waals surface area contributed by atoms with Gasteiger partial charge in [-0.05, 0) is 43.9 Å². The molecule has 3 fully saturated rings. The van der Waals surface area contributed by atoms with E-state index in [4.69, 9.17) is 9.57 Å². The molecule has 1 aromatic heterocycles. The number of hydroxylamine groups is 1. The third kappa shape index (κ3) is 3.33. The molecule has 3 aliphatic rings. The number of anilines is 2. The minimum atomic E-state index is -0.887. The molecule has 0 bridgehead atoms. The first-order chi connectivity index (χ1) is 15.5. The summed E-state index contributed by atoms with van der Waals surface area (Å²) < 4.78 is 4.88. The van der Waals surface area contributed by atoms with Gasteiger partial charge in [0.05, 0.1) is 24.4 Å². The molecule has 32 heavy (non-hydrogen) atoms. The van der Waals surface area contributed by atoms with E-state index in [1.165, 1.54) is 24.9 Å². The molecule has 0 N–H and O–H groups in total. The molecule has 2 aromatic rings. The van der Waals surface area contributed by atoms with Crippen LogP contribution in [-0.2, 0) is 19.2 Å². The monoisotopic (exact) mass is 454 g/mol. The number of hydrogen-bond acceptors (Lipinski definition) is 7. The van der Waals surface area contributed by atoms with Crippen LogP contribution in [0, 0.1) is 18.8 Å². The summed E-state index contributed by atoms with van der Waals surface area (Å²) in [5.74, 6) is -1.59.